The second-order valence-electron chi connectivity index (χ2n) is 7.47. The Morgan fingerprint density at radius 3 is 2.53 bits per heavy atom. The van der Waals surface area contributed by atoms with E-state index in [1.54, 1.807) is 37.4 Å². The maximum absolute atomic E-state index is 13.2. The summed E-state index contributed by atoms with van der Waals surface area (Å²) >= 11 is 7.52. The molecule has 9 heteroatoms. The molecule has 1 aliphatic heterocycles. The van der Waals surface area contributed by atoms with Gasteiger partial charge in [0, 0.05) is 17.1 Å². The molecule has 0 spiro atoms. The third-order valence-electron chi connectivity index (χ3n) is 5.13. The molecule has 1 atom stereocenters. The molecule has 3 aromatic carbocycles. The van der Waals surface area contributed by atoms with Gasteiger partial charge < -0.3 is 10.1 Å². The van der Waals surface area contributed by atoms with Crippen molar-refractivity contribution < 1.29 is 18.7 Å². The highest BCUT2D eigenvalue weighted by molar-refractivity contribution is 8.15. The molecule has 174 valence electrons. The van der Waals surface area contributed by atoms with Gasteiger partial charge in [-0.25, -0.2) is 9.38 Å². The molecule has 0 aromatic heterocycles. The fraction of sp³-hybridized carbons (Fsp3) is 0.160. The van der Waals surface area contributed by atoms with Gasteiger partial charge in [0.05, 0.1) is 19.3 Å². The van der Waals surface area contributed by atoms with E-state index in [2.05, 4.69) is 10.3 Å². The van der Waals surface area contributed by atoms with Crippen molar-refractivity contribution in [3.63, 3.8) is 0 Å². The smallest absolute Gasteiger partial charge is 0.238 e. The Labute approximate surface area is 205 Å². The number of anilines is 1. The van der Waals surface area contributed by atoms with Crippen LogP contribution in [0.5, 0.6) is 5.75 Å². The zero-order chi connectivity index (χ0) is 24.1. The number of amides is 2. The van der Waals surface area contributed by atoms with Crippen LogP contribution in [0.3, 0.4) is 0 Å². The highest BCUT2D eigenvalue weighted by Gasteiger charge is 2.36. The van der Waals surface area contributed by atoms with Crippen molar-refractivity contribution in [1.29, 1.82) is 0 Å². The van der Waals surface area contributed by atoms with Gasteiger partial charge in [0.2, 0.25) is 11.8 Å². The minimum absolute atomic E-state index is 0.0101. The normalized spacial score (nSPS) is 17.0. The number of nitrogens with one attached hydrogen (secondary N) is 1. The minimum Gasteiger partial charge on any atom is -0.497 e. The minimum atomic E-state index is -0.697. The number of hydrogen-bond donors (Lipinski definition) is 1. The Bertz CT molecular complexity index is 1220. The number of thioether (sulfide) groups is 1. The van der Waals surface area contributed by atoms with Crippen LogP contribution < -0.4 is 10.1 Å². The predicted molar refractivity (Wildman–Crippen MR) is 133 cm³/mol. The number of carbonyl (C=O) groups excluding carboxylic acids is 2. The summed E-state index contributed by atoms with van der Waals surface area (Å²) in [7, 11) is 1.58. The molecule has 34 heavy (non-hydrogen) atoms. The van der Waals surface area contributed by atoms with Crippen molar-refractivity contribution in [3.05, 3.63) is 89.2 Å². The number of amidine groups is 1. The summed E-state index contributed by atoms with van der Waals surface area (Å²) in [4.78, 5) is 32.3. The summed E-state index contributed by atoms with van der Waals surface area (Å²) in [5.41, 5.74) is 1.83. The van der Waals surface area contributed by atoms with E-state index in [0.717, 1.165) is 5.56 Å². The van der Waals surface area contributed by atoms with E-state index in [1.807, 2.05) is 18.2 Å². The standard InChI is InChI=1S/C25H21ClFN3O3S/c1-33-20-12-10-19(11-13-20)29-25-30(15-16-4-2-3-5-21(16)26)23(31)14-22(34-25)24(32)28-18-8-6-17(27)7-9-18/h2-13,22H,14-15H2,1H3,(H,28,32). The number of halogens is 2. The molecule has 2 amide bonds. The second kappa shape index (κ2) is 10.7. The molecule has 1 N–H and O–H groups in total. The monoisotopic (exact) mass is 497 g/mol. The molecule has 0 aliphatic carbocycles. The molecule has 4 rings (SSSR count). The number of rotatable bonds is 6. The number of methoxy groups -OCH3 is 1. The summed E-state index contributed by atoms with van der Waals surface area (Å²) in [6.07, 6.45) is -0.0101. The summed E-state index contributed by atoms with van der Waals surface area (Å²) in [6.45, 7) is 0.229. The molecule has 1 fully saturated rings. The van der Waals surface area contributed by atoms with E-state index in [9.17, 15) is 14.0 Å². The van der Waals surface area contributed by atoms with Crippen LogP contribution in [-0.4, -0.2) is 34.2 Å². The van der Waals surface area contributed by atoms with E-state index in [0.29, 0.717) is 27.3 Å². The lowest BCUT2D eigenvalue weighted by molar-refractivity contribution is -0.129. The topological polar surface area (TPSA) is 71.0 Å². The molecule has 1 heterocycles. The Morgan fingerprint density at radius 2 is 1.85 bits per heavy atom. The third-order valence-corrected chi connectivity index (χ3v) is 6.68. The van der Waals surface area contributed by atoms with Gasteiger partial charge in [-0.1, -0.05) is 41.6 Å². The molecule has 1 unspecified atom stereocenters. The Morgan fingerprint density at radius 1 is 1.15 bits per heavy atom. The van der Waals surface area contributed by atoms with Crippen LogP contribution >= 0.6 is 23.4 Å². The molecule has 1 aliphatic rings. The van der Waals surface area contributed by atoms with Crippen molar-refractivity contribution in [1.82, 2.24) is 4.90 Å². The molecule has 6 nitrogen and oxygen atoms in total. The molecule has 3 aromatic rings. The van der Waals surface area contributed by atoms with E-state index in [1.165, 1.54) is 40.9 Å². The van der Waals surface area contributed by atoms with Crippen molar-refractivity contribution >= 4 is 51.7 Å². The van der Waals surface area contributed by atoms with E-state index >= 15 is 0 Å². The number of ether oxygens (including phenoxy) is 1. The van der Waals surface area contributed by atoms with Gasteiger partial charge in [0.15, 0.2) is 5.17 Å². The first-order chi connectivity index (χ1) is 16.4. The molecular weight excluding hydrogens is 477 g/mol. The number of benzene rings is 3. The lowest BCUT2D eigenvalue weighted by atomic mass is 10.2. The molecule has 1 saturated heterocycles. The van der Waals surface area contributed by atoms with Crippen molar-refractivity contribution in [3.8, 4) is 5.75 Å². The Balaban J connectivity index is 1.61. The fourth-order valence-electron chi connectivity index (χ4n) is 3.32. The summed E-state index contributed by atoms with van der Waals surface area (Å²) in [6, 6.07) is 19.8. The van der Waals surface area contributed by atoms with Crippen LogP contribution in [0.15, 0.2) is 77.8 Å². The first kappa shape index (κ1) is 23.8. The number of aliphatic imine (C=N–C) groups is 1. The summed E-state index contributed by atoms with van der Waals surface area (Å²) in [5.74, 6) is -0.319. The quantitative estimate of drug-likeness (QED) is 0.478. The maximum atomic E-state index is 13.2. The average Bonchev–Trinajstić information content (AvgIpc) is 2.84. The largest absolute Gasteiger partial charge is 0.497 e. The van der Waals surface area contributed by atoms with E-state index in [4.69, 9.17) is 16.3 Å². The lowest BCUT2D eigenvalue weighted by Gasteiger charge is -2.32. The van der Waals surface area contributed by atoms with Gasteiger partial charge in [-0.15, -0.1) is 0 Å². The van der Waals surface area contributed by atoms with Crippen LogP contribution in [0.1, 0.15) is 12.0 Å². The SMILES string of the molecule is COc1ccc(N=C2SC(C(=O)Nc3ccc(F)cc3)CC(=O)N2Cc2ccccc2Cl)cc1. The molecular formula is C25H21ClFN3O3S. The highest BCUT2D eigenvalue weighted by atomic mass is 35.5. The first-order valence-electron chi connectivity index (χ1n) is 10.4. The predicted octanol–water partition coefficient (Wildman–Crippen LogP) is 5.65. The Hall–Kier alpha value is -3.36. The van der Waals surface area contributed by atoms with Crippen LogP contribution in [0.4, 0.5) is 15.8 Å². The molecule has 0 saturated carbocycles. The van der Waals surface area contributed by atoms with Crippen LogP contribution in [-0.2, 0) is 16.1 Å². The van der Waals surface area contributed by atoms with Gasteiger partial charge in [-0.05, 0) is 60.2 Å². The van der Waals surface area contributed by atoms with Crippen LogP contribution in [0.2, 0.25) is 5.02 Å². The van der Waals surface area contributed by atoms with Gasteiger partial charge >= 0.3 is 0 Å². The number of hydrogen-bond acceptors (Lipinski definition) is 5. The molecule has 0 bridgehead atoms. The van der Waals surface area contributed by atoms with Crippen LogP contribution in [0.25, 0.3) is 0 Å². The summed E-state index contributed by atoms with van der Waals surface area (Å²) < 4.78 is 18.4. The lowest BCUT2D eigenvalue weighted by Crippen LogP contribution is -2.44. The fourth-order valence-corrected chi connectivity index (χ4v) is 4.61. The van der Waals surface area contributed by atoms with Gasteiger partial charge in [-0.3, -0.25) is 14.5 Å². The summed E-state index contributed by atoms with van der Waals surface area (Å²) in [5, 5.41) is 2.98. The second-order valence-corrected chi connectivity index (χ2v) is 9.05. The van der Waals surface area contributed by atoms with Crippen molar-refractivity contribution in [2.75, 3.05) is 12.4 Å². The average molecular weight is 498 g/mol. The van der Waals surface area contributed by atoms with E-state index < -0.39 is 11.1 Å². The number of nitrogens with zero attached hydrogens (tertiary/aromatic N) is 2. The van der Waals surface area contributed by atoms with Crippen molar-refractivity contribution in [2.24, 2.45) is 4.99 Å². The first-order valence-corrected chi connectivity index (χ1v) is 11.7. The highest BCUT2D eigenvalue weighted by Crippen LogP contribution is 2.32. The number of carbonyl (C=O) groups is 2. The van der Waals surface area contributed by atoms with E-state index in [-0.39, 0.29) is 24.8 Å². The maximum Gasteiger partial charge on any atom is 0.238 e. The van der Waals surface area contributed by atoms with Crippen LogP contribution in [0, 0.1) is 5.82 Å². The van der Waals surface area contributed by atoms with Gasteiger partial charge in [0.1, 0.15) is 16.8 Å². The Kier molecular flexibility index (Phi) is 7.49. The zero-order valence-corrected chi connectivity index (χ0v) is 19.8. The third kappa shape index (κ3) is 5.76. The van der Waals surface area contributed by atoms with Crippen molar-refractivity contribution in [2.45, 2.75) is 18.2 Å². The molecule has 0 radical (unpaired) electrons. The van der Waals surface area contributed by atoms with Gasteiger partial charge in [0.25, 0.3) is 0 Å². The zero-order valence-electron chi connectivity index (χ0n) is 18.2. The van der Waals surface area contributed by atoms with Gasteiger partial charge in [-0.2, -0.15) is 0 Å².